The zero-order valence-electron chi connectivity index (χ0n) is 10.6. The van der Waals surface area contributed by atoms with Crippen LogP contribution < -0.4 is 4.74 Å². The lowest BCUT2D eigenvalue weighted by Crippen LogP contribution is -2.30. The van der Waals surface area contributed by atoms with Crippen molar-refractivity contribution in [1.82, 2.24) is 4.98 Å². The highest BCUT2D eigenvalue weighted by molar-refractivity contribution is 5.87. The van der Waals surface area contributed by atoms with E-state index >= 15 is 0 Å². The Morgan fingerprint density at radius 2 is 2.22 bits per heavy atom. The molecule has 2 atom stereocenters. The van der Waals surface area contributed by atoms with Gasteiger partial charge in [0, 0.05) is 12.3 Å². The van der Waals surface area contributed by atoms with Gasteiger partial charge in [0.05, 0.1) is 5.56 Å². The second-order valence-electron chi connectivity index (χ2n) is 4.80. The molecule has 0 aliphatic heterocycles. The largest absolute Gasteiger partial charge is 0.478 e. The Bertz CT molecular complexity index is 402. The van der Waals surface area contributed by atoms with Crippen molar-refractivity contribution in [1.29, 1.82) is 0 Å². The maximum atomic E-state index is 10.7. The Morgan fingerprint density at radius 1 is 1.44 bits per heavy atom. The predicted molar refractivity (Wildman–Crippen MR) is 67.9 cm³/mol. The number of hydrogen-bond acceptors (Lipinski definition) is 3. The molecule has 1 N–H and O–H groups in total. The first-order valence-corrected chi connectivity index (χ1v) is 6.56. The molecule has 0 amide bonds. The average molecular weight is 249 g/mol. The van der Waals surface area contributed by atoms with Crippen molar-refractivity contribution in [2.24, 2.45) is 5.92 Å². The molecule has 0 spiro atoms. The standard InChI is InChI=1S/C14H19NO3/c1-2-10-5-3-4-6-12(10)18-13-8-7-11(9-15-13)14(16)17/h7-10,12H,2-6H2,1H3,(H,16,17). The molecule has 1 aliphatic carbocycles. The van der Waals surface area contributed by atoms with E-state index in [1.165, 1.54) is 31.5 Å². The van der Waals surface area contributed by atoms with Crippen molar-refractivity contribution < 1.29 is 14.6 Å². The van der Waals surface area contributed by atoms with Gasteiger partial charge in [0.25, 0.3) is 0 Å². The van der Waals surface area contributed by atoms with E-state index in [4.69, 9.17) is 9.84 Å². The van der Waals surface area contributed by atoms with Crippen molar-refractivity contribution in [3.63, 3.8) is 0 Å². The van der Waals surface area contributed by atoms with Crippen LogP contribution in [0, 0.1) is 5.92 Å². The van der Waals surface area contributed by atoms with Crippen LogP contribution in [0.2, 0.25) is 0 Å². The predicted octanol–water partition coefficient (Wildman–Crippen LogP) is 3.13. The molecule has 0 saturated heterocycles. The van der Waals surface area contributed by atoms with Crippen LogP contribution in [0.25, 0.3) is 0 Å². The summed E-state index contributed by atoms with van der Waals surface area (Å²) in [6, 6.07) is 3.18. The van der Waals surface area contributed by atoms with Gasteiger partial charge in [-0.3, -0.25) is 0 Å². The number of hydrogen-bond donors (Lipinski definition) is 1. The van der Waals surface area contributed by atoms with Gasteiger partial charge in [-0.1, -0.05) is 13.3 Å². The third-order valence-corrected chi connectivity index (χ3v) is 3.62. The van der Waals surface area contributed by atoms with Crippen molar-refractivity contribution in [2.75, 3.05) is 0 Å². The summed E-state index contributed by atoms with van der Waals surface area (Å²) in [5.41, 5.74) is 0.193. The maximum absolute atomic E-state index is 10.7. The lowest BCUT2D eigenvalue weighted by Gasteiger charge is -2.30. The first kappa shape index (κ1) is 12.9. The highest BCUT2D eigenvalue weighted by atomic mass is 16.5. The number of nitrogens with zero attached hydrogens (tertiary/aromatic N) is 1. The highest BCUT2D eigenvalue weighted by Crippen LogP contribution is 2.29. The molecule has 0 radical (unpaired) electrons. The summed E-state index contributed by atoms with van der Waals surface area (Å²) in [7, 11) is 0. The number of carboxylic acids is 1. The van der Waals surface area contributed by atoms with E-state index < -0.39 is 5.97 Å². The normalized spacial score (nSPS) is 23.6. The lowest BCUT2D eigenvalue weighted by atomic mass is 9.85. The van der Waals surface area contributed by atoms with Crippen molar-refractivity contribution in [3.8, 4) is 5.88 Å². The molecule has 4 heteroatoms. The molecule has 2 rings (SSSR count). The van der Waals surface area contributed by atoms with Gasteiger partial charge in [-0.2, -0.15) is 0 Å². The van der Waals surface area contributed by atoms with Crippen molar-refractivity contribution in [2.45, 2.75) is 45.1 Å². The molecular formula is C14H19NO3. The van der Waals surface area contributed by atoms with Crippen LogP contribution in [0.1, 0.15) is 49.4 Å². The SMILES string of the molecule is CCC1CCCCC1Oc1ccc(C(=O)O)cn1. The molecule has 1 aromatic heterocycles. The summed E-state index contributed by atoms with van der Waals surface area (Å²) in [4.78, 5) is 14.8. The van der Waals surface area contributed by atoms with Gasteiger partial charge < -0.3 is 9.84 Å². The second-order valence-corrected chi connectivity index (χ2v) is 4.80. The Labute approximate surface area is 107 Å². The van der Waals surface area contributed by atoms with Crippen LogP contribution in [0.5, 0.6) is 5.88 Å². The van der Waals surface area contributed by atoms with Crippen molar-refractivity contribution >= 4 is 5.97 Å². The quantitative estimate of drug-likeness (QED) is 0.890. The fourth-order valence-electron chi connectivity index (χ4n) is 2.53. The molecule has 4 nitrogen and oxygen atoms in total. The van der Waals surface area contributed by atoms with Crippen LogP contribution >= 0.6 is 0 Å². The minimum atomic E-state index is -0.960. The molecule has 18 heavy (non-hydrogen) atoms. The van der Waals surface area contributed by atoms with Crippen LogP contribution in [0.4, 0.5) is 0 Å². The number of carbonyl (C=O) groups is 1. The van der Waals surface area contributed by atoms with E-state index in [0.717, 1.165) is 12.8 Å². The van der Waals surface area contributed by atoms with Gasteiger partial charge in [-0.15, -0.1) is 0 Å². The topological polar surface area (TPSA) is 59.4 Å². The third kappa shape index (κ3) is 3.00. The van der Waals surface area contributed by atoms with Crippen LogP contribution in [-0.4, -0.2) is 22.2 Å². The molecule has 0 bridgehead atoms. The fraction of sp³-hybridized carbons (Fsp3) is 0.571. The minimum absolute atomic E-state index is 0.193. The summed E-state index contributed by atoms with van der Waals surface area (Å²) in [6.07, 6.45) is 7.47. The molecule has 1 aromatic rings. The van der Waals surface area contributed by atoms with E-state index in [1.807, 2.05) is 0 Å². The van der Waals surface area contributed by atoms with E-state index in [2.05, 4.69) is 11.9 Å². The summed E-state index contributed by atoms with van der Waals surface area (Å²) in [5.74, 6) is 0.170. The zero-order valence-corrected chi connectivity index (χ0v) is 10.6. The Morgan fingerprint density at radius 3 is 2.83 bits per heavy atom. The van der Waals surface area contributed by atoms with Gasteiger partial charge in [0.15, 0.2) is 0 Å². The fourth-order valence-corrected chi connectivity index (χ4v) is 2.53. The van der Waals surface area contributed by atoms with Crippen molar-refractivity contribution in [3.05, 3.63) is 23.9 Å². The maximum Gasteiger partial charge on any atom is 0.337 e. The smallest absolute Gasteiger partial charge is 0.337 e. The lowest BCUT2D eigenvalue weighted by molar-refractivity contribution is 0.0695. The number of aromatic carboxylic acids is 1. The highest BCUT2D eigenvalue weighted by Gasteiger charge is 2.25. The molecule has 0 aromatic carbocycles. The number of carboxylic acid groups (broad SMARTS) is 1. The van der Waals surface area contributed by atoms with E-state index in [-0.39, 0.29) is 11.7 Å². The summed E-state index contributed by atoms with van der Waals surface area (Å²) < 4.78 is 5.89. The minimum Gasteiger partial charge on any atom is -0.478 e. The van der Waals surface area contributed by atoms with E-state index in [0.29, 0.717) is 11.8 Å². The van der Waals surface area contributed by atoms with Crippen LogP contribution in [0.3, 0.4) is 0 Å². The Hall–Kier alpha value is -1.58. The van der Waals surface area contributed by atoms with Gasteiger partial charge in [-0.05, 0) is 37.7 Å². The number of ether oxygens (including phenoxy) is 1. The monoisotopic (exact) mass is 249 g/mol. The molecule has 1 saturated carbocycles. The Balaban J connectivity index is 2.01. The molecule has 2 unspecified atom stereocenters. The van der Waals surface area contributed by atoms with Gasteiger partial charge in [0.1, 0.15) is 6.10 Å². The third-order valence-electron chi connectivity index (χ3n) is 3.62. The number of pyridine rings is 1. The van der Waals surface area contributed by atoms with Gasteiger partial charge >= 0.3 is 5.97 Å². The molecule has 1 aliphatic rings. The number of rotatable bonds is 4. The molecule has 1 heterocycles. The first-order valence-electron chi connectivity index (χ1n) is 6.56. The molecule has 98 valence electrons. The molecule has 1 fully saturated rings. The molecular weight excluding hydrogens is 230 g/mol. The van der Waals surface area contributed by atoms with Crippen LogP contribution in [-0.2, 0) is 0 Å². The van der Waals surface area contributed by atoms with E-state index in [1.54, 1.807) is 6.07 Å². The van der Waals surface area contributed by atoms with Gasteiger partial charge in [-0.25, -0.2) is 9.78 Å². The summed E-state index contributed by atoms with van der Waals surface area (Å²) in [5, 5.41) is 8.80. The summed E-state index contributed by atoms with van der Waals surface area (Å²) >= 11 is 0. The van der Waals surface area contributed by atoms with Crippen LogP contribution in [0.15, 0.2) is 18.3 Å². The van der Waals surface area contributed by atoms with Gasteiger partial charge in [0.2, 0.25) is 5.88 Å². The average Bonchev–Trinajstić information content (AvgIpc) is 2.40. The second kappa shape index (κ2) is 5.85. The Kier molecular flexibility index (Phi) is 4.18. The van der Waals surface area contributed by atoms with E-state index in [9.17, 15) is 4.79 Å². The first-order chi connectivity index (χ1) is 8.70. The number of aromatic nitrogens is 1. The zero-order chi connectivity index (χ0) is 13.0. The summed E-state index contributed by atoms with van der Waals surface area (Å²) in [6.45, 7) is 2.19.